The predicted molar refractivity (Wildman–Crippen MR) is 85.7 cm³/mol. The third kappa shape index (κ3) is 4.17. The van der Waals surface area contributed by atoms with Crippen molar-refractivity contribution in [3.8, 4) is 0 Å². The van der Waals surface area contributed by atoms with Crippen molar-refractivity contribution in [3.05, 3.63) is 10.6 Å². The predicted octanol–water partition coefficient (Wildman–Crippen LogP) is 2.96. The first kappa shape index (κ1) is 15.7. The van der Waals surface area contributed by atoms with E-state index in [0.29, 0.717) is 6.10 Å². The lowest BCUT2D eigenvalue weighted by atomic mass is 10.2. The van der Waals surface area contributed by atoms with Crippen molar-refractivity contribution < 1.29 is 4.74 Å². The summed E-state index contributed by atoms with van der Waals surface area (Å²) in [5, 5.41) is 4.61. The summed E-state index contributed by atoms with van der Waals surface area (Å²) in [5.41, 5.74) is 1.17. The highest BCUT2D eigenvalue weighted by Gasteiger charge is 2.21. The highest BCUT2D eigenvalue weighted by atomic mass is 32.1. The van der Waals surface area contributed by atoms with Crippen molar-refractivity contribution >= 4 is 16.5 Å². The van der Waals surface area contributed by atoms with Crippen LogP contribution in [0.3, 0.4) is 0 Å². The molecule has 2 heterocycles. The summed E-state index contributed by atoms with van der Waals surface area (Å²) in [6.07, 6.45) is 3.95. The third-order valence-electron chi connectivity index (χ3n) is 3.69. The lowest BCUT2D eigenvalue weighted by Gasteiger charge is -2.23. The number of hydrogen-bond donors (Lipinski definition) is 1. The number of rotatable bonds is 8. The fourth-order valence-corrected chi connectivity index (χ4v) is 3.57. The molecule has 0 radical (unpaired) electrons. The van der Waals surface area contributed by atoms with Crippen LogP contribution in [-0.2, 0) is 11.3 Å². The monoisotopic (exact) mass is 297 g/mol. The fourth-order valence-electron chi connectivity index (χ4n) is 2.47. The van der Waals surface area contributed by atoms with Gasteiger partial charge in [-0.05, 0) is 39.7 Å². The van der Waals surface area contributed by atoms with Crippen molar-refractivity contribution in [2.24, 2.45) is 0 Å². The summed E-state index contributed by atoms with van der Waals surface area (Å²) < 4.78 is 5.75. The Hall–Kier alpha value is -0.650. The first-order valence-electron chi connectivity index (χ1n) is 7.78. The number of nitrogens with zero attached hydrogens (tertiary/aromatic N) is 2. The third-order valence-corrected chi connectivity index (χ3v) is 4.91. The molecule has 0 aliphatic carbocycles. The number of anilines is 1. The summed E-state index contributed by atoms with van der Waals surface area (Å²) in [5.74, 6) is 0. The largest absolute Gasteiger partial charge is 0.376 e. The van der Waals surface area contributed by atoms with Gasteiger partial charge in [0.1, 0.15) is 0 Å². The maximum absolute atomic E-state index is 5.75. The number of nitrogens with one attached hydrogen (secondary N) is 1. The number of hydrogen-bond acceptors (Lipinski definition) is 5. The molecule has 0 aromatic carbocycles. The molecule has 1 N–H and O–H groups in total. The molecule has 1 aliphatic heterocycles. The zero-order chi connectivity index (χ0) is 14.4. The van der Waals surface area contributed by atoms with Crippen molar-refractivity contribution in [1.82, 2.24) is 10.3 Å². The Bertz CT molecular complexity index is 402. The van der Waals surface area contributed by atoms with Gasteiger partial charge in [0.05, 0.1) is 11.8 Å². The van der Waals surface area contributed by atoms with Gasteiger partial charge >= 0.3 is 0 Å². The minimum Gasteiger partial charge on any atom is -0.376 e. The van der Waals surface area contributed by atoms with Crippen LogP contribution in [0.4, 0.5) is 5.13 Å². The van der Waals surface area contributed by atoms with Crippen molar-refractivity contribution in [1.29, 1.82) is 0 Å². The molecule has 0 amide bonds. The number of aryl methyl sites for hydroxylation is 1. The first-order chi connectivity index (χ1) is 9.74. The Morgan fingerprint density at radius 3 is 2.95 bits per heavy atom. The Morgan fingerprint density at radius 2 is 2.30 bits per heavy atom. The number of ether oxygens (including phenoxy) is 1. The van der Waals surface area contributed by atoms with Crippen LogP contribution in [-0.4, -0.2) is 37.3 Å². The van der Waals surface area contributed by atoms with Gasteiger partial charge in [0.2, 0.25) is 0 Å². The average molecular weight is 297 g/mol. The summed E-state index contributed by atoms with van der Waals surface area (Å²) in [6, 6.07) is 0. The zero-order valence-corrected chi connectivity index (χ0v) is 13.8. The van der Waals surface area contributed by atoms with Gasteiger partial charge in [-0.3, -0.25) is 0 Å². The van der Waals surface area contributed by atoms with Crippen LogP contribution in [0.5, 0.6) is 0 Å². The van der Waals surface area contributed by atoms with Gasteiger partial charge in [0.15, 0.2) is 5.13 Å². The van der Waals surface area contributed by atoms with Gasteiger partial charge in [-0.1, -0.05) is 6.92 Å². The van der Waals surface area contributed by atoms with E-state index in [0.717, 1.165) is 37.9 Å². The number of thiazole rings is 1. The van der Waals surface area contributed by atoms with E-state index in [1.807, 2.05) is 11.3 Å². The van der Waals surface area contributed by atoms with Gasteiger partial charge in [-0.15, -0.1) is 11.3 Å². The molecular formula is C15H27N3OS. The topological polar surface area (TPSA) is 37.4 Å². The van der Waals surface area contributed by atoms with Crippen LogP contribution < -0.4 is 10.2 Å². The Kier molecular flexibility index (Phi) is 6.26. The minimum absolute atomic E-state index is 0.390. The average Bonchev–Trinajstić information content (AvgIpc) is 3.07. The van der Waals surface area contributed by atoms with Crippen molar-refractivity contribution in [2.75, 3.05) is 31.1 Å². The van der Waals surface area contributed by atoms with Crippen LogP contribution in [0.2, 0.25) is 0 Å². The van der Waals surface area contributed by atoms with E-state index >= 15 is 0 Å². The van der Waals surface area contributed by atoms with E-state index in [4.69, 9.17) is 9.72 Å². The van der Waals surface area contributed by atoms with Crippen LogP contribution in [0.25, 0.3) is 0 Å². The molecule has 1 unspecified atom stereocenters. The van der Waals surface area contributed by atoms with E-state index in [-0.39, 0.29) is 0 Å². The second-order valence-electron chi connectivity index (χ2n) is 5.36. The van der Waals surface area contributed by atoms with E-state index in [9.17, 15) is 0 Å². The lowest BCUT2D eigenvalue weighted by Crippen LogP contribution is -2.31. The molecule has 1 aromatic heterocycles. The molecule has 0 bridgehead atoms. The molecule has 1 fully saturated rings. The van der Waals surface area contributed by atoms with Gasteiger partial charge in [0.25, 0.3) is 0 Å². The fraction of sp³-hybridized carbons (Fsp3) is 0.800. The SMILES string of the molecule is CCCNCc1sc(N(CC)CC2CCCO2)nc1C. The second-order valence-corrected chi connectivity index (χ2v) is 6.42. The minimum atomic E-state index is 0.390. The molecule has 1 atom stereocenters. The Labute approximate surface area is 126 Å². The quantitative estimate of drug-likeness (QED) is 0.749. The number of likely N-dealkylation sites (N-methyl/N-ethyl adjacent to an activating group) is 1. The molecule has 1 aliphatic rings. The maximum Gasteiger partial charge on any atom is 0.185 e. The maximum atomic E-state index is 5.75. The molecule has 20 heavy (non-hydrogen) atoms. The molecular weight excluding hydrogens is 270 g/mol. The smallest absolute Gasteiger partial charge is 0.185 e. The molecule has 1 saturated heterocycles. The Balaban J connectivity index is 1.96. The van der Waals surface area contributed by atoms with Gasteiger partial charge < -0.3 is 15.0 Å². The van der Waals surface area contributed by atoms with Crippen LogP contribution in [0.1, 0.15) is 43.7 Å². The molecule has 0 saturated carbocycles. The molecule has 2 rings (SSSR count). The summed E-state index contributed by atoms with van der Waals surface area (Å²) in [4.78, 5) is 8.47. The molecule has 4 nitrogen and oxygen atoms in total. The van der Waals surface area contributed by atoms with E-state index < -0.39 is 0 Å². The molecule has 1 aromatic rings. The Morgan fingerprint density at radius 1 is 1.45 bits per heavy atom. The molecule has 5 heteroatoms. The molecule has 0 spiro atoms. The van der Waals surface area contributed by atoms with Crippen LogP contribution in [0.15, 0.2) is 0 Å². The van der Waals surface area contributed by atoms with Gasteiger partial charge in [-0.25, -0.2) is 4.98 Å². The van der Waals surface area contributed by atoms with Gasteiger partial charge in [-0.2, -0.15) is 0 Å². The summed E-state index contributed by atoms with van der Waals surface area (Å²) >= 11 is 1.82. The van der Waals surface area contributed by atoms with Crippen molar-refractivity contribution in [3.63, 3.8) is 0 Å². The standard InChI is InChI=1S/C15H27N3OS/c1-4-8-16-10-14-12(3)17-15(20-14)18(5-2)11-13-7-6-9-19-13/h13,16H,4-11H2,1-3H3. The van der Waals surface area contributed by atoms with Crippen molar-refractivity contribution in [2.45, 2.75) is 52.7 Å². The summed E-state index contributed by atoms with van der Waals surface area (Å²) in [6.45, 7) is 11.4. The highest BCUT2D eigenvalue weighted by molar-refractivity contribution is 7.15. The zero-order valence-electron chi connectivity index (χ0n) is 12.9. The van der Waals surface area contributed by atoms with E-state index in [1.165, 1.54) is 29.8 Å². The number of aromatic nitrogens is 1. The van der Waals surface area contributed by atoms with Crippen LogP contribution >= 0.6 is 11.3 Å². The van der Waals surface area contributed by atoms with E-state index in [1.54, 1.807) is 0 Å². The first-order valence-corrected chi connectivity index (χ1v) is 8.59. The highest BCUT2D eigenvalue weighted by Crippen LogP contribution is 2.27. The normalized spacial score (nSPS) is 18.6. The van der Waals surface area contributed by atoms with E-state index in [2.05, 4.69) is 31.0 Å². The van der Waals surface area contributed by atoms with Crippen LogP contribution in [0, 0.1) is 6.92 Å². The second kappa shape index (κ2) is 7.96. The summed E-state index contributed by atoms with van der Waals surface area (Å²) in [7, 11) is 0. The van der Waals surface area contributed by atoms with Gasteiger partial charge in [0, 0.05) is 31.1 Å². The molecule has 114 valence electrons. The lowest BCUT2D eigenvalue weighted by molar-refractivity contribution is 0.115.